The van der Waals surface area contributed by atoms with Gasteiger partial charge in [-0.25, -0.2) is 4.98 Å². The number of nitrogens with zero attached hydrogens (tertiary/aromatic N) is 1. The number of pyridine rings is 1. The normalized spacial score (nSPS) is 12.4. The van der Waals surface area contributed by atoms with Crippen LogP contribution in [0.25, 0.3) is 0 Å². The largest absolute Gasteiger partial charge is 0.313 e. The van der Waals surface area contributed by atoms with Gasteiger partial charge >= 0.3 is 0 Å². The summed E-state index contributed by atoms with van der Waals surface area (Å²) < 4.78 is 0. The predicted octanol–water partition coefficient (Wildman–Crippen LogP) is 4.17. The number of benzene rings is 1. The standard InChI is InChI=1S/C14H15ClN2S/c1-10(16-2)12-5-3-4-6-13(12)18-14-8-7-11(15)9-17-14/h3-10,16H,1-2H3. The van der Waals surface area contributed by atoms with Gasteiger partial charge in [-0.3, -0.25) is 0 Å². The molecule has 0 aliphatic heterocycles. The third-order valence-electron chi connectivity index (χ3n) is 2.73. The fourth-order valence-electron chi connectivity index (χ4n) is 1.62. The molecule has 0 radical (unpaired) electrons. The highest BCUT2D eigenvalue weighted by molar-refractivity contribution is 7.99. The fourth-order valence-corrected chi connectivity index (χ4v) is 2.71. The Morgan fingerprint density at radius 3 is 2.67 bits per heavy atom. The van der Waals surface area contributed by atoms with Crippen LogP contribution in [0.4, 0.5) is 0 Å². The van der Waals surface area contributed by atoms with E-state index in [2.05, 4.69) is 35.4 Å². The van der Waals surface area contributed by atoms with Crippen LogP contribution < -0.4 is 5.32 Å². The highest BCUT2D eigenvalue weighted by Crippen LogP contribution is 2.32. The van der Waals surface area contributed by atoms with Gasteiger partial charge in [0.15, 0.2) is 0 Å². The van der Waals surface area contributed by atoms with Gasteiger partial charge in [0.05, 0.1) is 5.02 Å². The van der Waals surface area contributed by atoms with Gasteiger partial charge in [-0.15, -0.1) is 0 Å². The lowest BCUT2D eigenvalue weighted by Crippen LogP contribution is -2.13. The molecule has 1 heterocycles. The van der Waals surface area contributed by atoms with Gasteiger partial charge in [0.2, 0.25) is 0 Å². The molecule has 0 saturated heterocycles. The lowest BCUT2D eigenvalue weighted by molar-refractivity contribution is 0.641. The first-order valence-corrected chi connectivity index (χ1v) is 6.95. The number of halogens is 1. The monoisotopic (exact) mass is 278 g/mol. The van der Waals surface area contributed by atoms with Crippen LogP contribution in [0.1, 0.15) is 18.5 Å². The van der Waals surface area contributed by atoms with Gasteiger partial charge in [-0.1, -0.05) is 41.6 Å². The number of hydrogen-bond acceptors (Lipinski definition) is 3. The fraction of sp³-hybridized carbons (Fsp3) is 0.214. The van der Waals surface area contributed by atoms with E-state index in [4.69, 9.17) is 11.6 Å². The van der Waals surface area contributed by atoms with Crippen LogP contribution in [-0.4, -0.2) is 12.0 Å². The second kappa shape index (κ2) is 6.23. The first-order chi connectivity index (χ1) is 8.70. The average Bonchev–Trinajstić information content (AvgIpc) is 2.41. The summed E-state index contributed by atoms with van der Waals surface area (Å²) in [5.41, 5.74) is 1.28. The van der Waals surface area contributed by atoms with E-state index in [9.17, 15) is 0 Å². The van der Waals surface area contributed by atoms with E-state index in [1.54, 1.807) is 18.0 Å². The lowest BCUT2D eigenvalue weighted by atomic mass is 10.1. The molecule has 0 spiro atoms. The summed E-state index contributed by atoms with van der Waals surface area (Å²) in [4.78, 5) is 5.53. The predicted molar refractivity (Wildman–Crippen MR) is 77.3 cm³/mol. The summed E-state index contributed by atoms with van der Waals surface area (Å²) in [5, 5.41) is 4.88. The zero-order chi connectivity index (χ0) is 13.0. The molecular weight excluding hydrogens is 264 g/mol. The minimum Gasteiger partial charge on any atom is -0.313 e. The van der Waals surface area contributed by atoms with E-state index in [-0.39, 0.29) is 0 Å². The first-order valence-electron chi connectivity index (χ1n) is 5.76. The Kier molecular flexibility index (Phi) is 4.64. The van der Waals surface area contributed by atoms with Crippen LogP contribution in [0.15, 0.2) is 52.5 Å². The molecule has 0 bridgehead atoms. The van der Waals surface area contributed by atoms with Crippen LogP contribution in [0.2, 0.25) is 5.02 Å². The maximum atomic E-state index is 5.84. The Balaban J connectivity index is 2.26. The van der Waals surface area contributed by atoms with Crippen LogP contribution in [0, 0.1) is 0 Å². The molecule has 2 aromatic rings. The molecule has 2 nitrogen and oxygen atoms in total. The Morgan fingerprint density at radius 2 is 2.00 bits per heavy atom. The Hall–Kier alpha value is -1.03. The van der Waals surface area contributed by atoms with E-state index in [0.29, 0.717) is 11.1 Å². The molecule has 1 aromatic heterocycles. The van der Waals surface area contributed by atoms with Crippen molar-refractivity contribution < 1.29 is 0 Å². The lowest BCUT2D eigenvalue weighted by Gasteiger charge is -2.14. The Bertz CT molecular complexity index is 513. The van der Waals surface area contributed by atoms with Crippen molar-refractivity contribution in [1.82, 2.24) is 10.3 Å². The number of hydrogen-bond donors (Lipinski definition) is 1. The molecule has 0 fully saturated rings. The van der Waals surface area contributed by atoms with Crippen molar-refractivity contribution in [1.29, 1.82) is 0 Å². The Morgan fingerprint density at radius 1 is 1.22 bits per heavy atom. The molecule has 2 rings (SSSR count). The smallest absolute Gasteiger partial charge is 0.101 e. The van der Waals surface area contributed by atoms with Crippen molar-refractivity contribution in [3.05, 3.63) is 53.2 Å². The summed E-state index contributed by atoms with van der Waals surface area (Å²) in [5.74, 6) is 0. The van der Waals surface area contributed by atoms with Crippen LogP contribution in [0.5, 0.6) is 0 Å². The number of rotatable bonds is 4. The molecule has 1 N–H and O–H groups in total. The molecule has 18 heavy (non-hydrogen) atoms. The van der Waals surface area contributed by atoms with Crippen molar-refractivity contribution >= 4 is 23.4 Å². The second-order valence-electron chi connectivity index (χ2n) is 3.96. The molecule has 4 heteroatoms. The van der Waals surface area contributed by atoms with Crippen LogP contribution in [0.3, 0.4) is 0 Å². The third-order valence-corrected chi connectivity index (χ3v) is 4.00. The highest BCUT2D eigenvalue weighted by Gasteiger charge is 2.09. The minimum atomic E-state index is 0.320. The summed E-state index contributed by atoms with van der Waals surface area (Å²) in [6.07, 6.45) is 1.67. The topological polar surface area (TPSA) is 24.9 Å². The second-order valence-corrected chi connectivity index (χ2v) is 5.46. The maximum Gasteiger partial charge on any atom is 0.101 e. The highest BCUT2D eigenvalue weighted by atomic mass is 35.5. The van der Waals surface area contributed by atoms with Crippen molar-refractivity contribution in [2.45, 2.75) is 22.9 Å². The number of aromatic nitrogens is 1. The molecule has 0 aliphatic rings. The van der Waals surface area contributed by atoms with Crippen molar-refractivity contribution in [2.75, 3.05) is 7.05 Å². The molecule has 0 amide bonds. The van der Waals surface area contributed by atoms with E-state index in [0.717, 1.165) is 5.03 Å². The van der Waals surface area contributed by atoms with Crippen molar-refractivity contribution in [2.24, 2.45) is 0 Å². The average molecular weight is 279 g/mol. The Labute approximate surface area is 117 Å². The minimum absolute atomic E-state index is 0.320. The molecule has 1 aromatic carbocycles. The molecule has 1 unspecified atom stereocenters. The molecule has 0 aliphatic carbocycles. The van der Waals surface area contributed by atoms with E-state index < -0.39 is 0 Å². The SMILES string of the molecule is CNC(C)c1ccccc1Sc1ccc(Cl)cn1. The third kappa shape index (κ3) is 3.25. The van der Waals surface area contributed by atoms with Crippen LogP contribution in [-0.2, 0) is 0 Å². The van der Waals surface area contributed by atoms with Gasteiger partial charge in [-0.05, 0) is 37.7 Å². The number of nitrogens with one attached hydrogen (secondary N) is 1. The first kappa shape index (κ1) is 13.4. The molecular formula is C14H15ClN2S. The summed E-state index contributed by atoms with van der Waals surface area (Å²) in [7, 11) is 1.96. The maximum absolute atomic E-state index is 5.84. The van der Waals surface area contributed by atoms with Crippen LogP contribution >= 0.6 is 23.4 Å². The molecule has 94 valence electrons. The van der Waals surface area contributed by atoms with Gasteiger partial charge in [0, 0.05) is 17.1 Å². The molecule has 1 atom stereocenters. The quantitative estimate of drug-likeness (QED) is 0.909. The zero-order valence-electron chi connectivity index (χ0n) is 10.4. The van der Waals surface area contributed by atoms with Gasteiger partial charge in [0.25, 0.3) is 0 Å². The molecule has 0 saturated carbocycles. The van der Waals surface area contributed by atoms with Gasteiger partial charge in [-0.2, -0.15) is 0 Å². The summed E-state index contributed by atoms with van der Waals surface area (Å²) in [6, 6.07) is 12.5. The van der Waals surface area contributed by atoms with Gasteiger partial charge < -0.3 is 5.32 Å². The van der Waals surface area contributed by atoms with Gasteiger partial charge in [0.1, 0.15) is 5.03 Å². The summed E-state index contributed by atoms with van der Waals surface area (Å²) in [6.45, 7) is 2.15. The van der Waals surface area contributed by atoms with E-state index >= 15 is 0 Å². The van der Waals surface area contributed by atoms with Crippen molar-refractivity contribution in [3.63, 3.8) is 0 Å². The zero-order valence-corrected chi connectivity index (χ0v) is 11.9. The van der Waals surface area contributed by atoms with Crippen molar-refractivity contribution in [3.8, 4) is 0 Å². The van der Waals surface area contributed by atoms with E-state index in [1.165, 1.54) is 10.5 Å². The summed E-state index contributed by atoms with van der Waals surface area (Å²) >= 11 is 7.49. The van der Waals surface area contributed by atoms with E-state index in [1.807, 2.05) is 25.2 Å².